The van der Waals surface area contributed by atoms with E-state index < -0.39 is 0 Å². The molecule has 0 atom stereocenters. The predicted molar refractivity (Wildman–Crippen MR) is 126 cm³/mol. The number of aryl methyl sites for hydroxylation is 1. The number of carbonyl (C=O) groups excluding carboxylic acids is 2. The van der Waals surface area contributed by atoms with E-state index in [-0.39, 0.29) is 24.8 Å². The second-order valence-corrected chi connectivity index (χ2v) is 8.75. The van der Waals surface area contributed by atoms with Crippen molar-refractivity contribution in [3.63, 3.8) is 0 Å². The number of thioether (sulfide) groups is 1. The molecule has 0 bridgehead atoms. The molecule has 166 valence electrons. The number of aromatic nitrogens is 2. The van der Waals surface area contributed by atoms with E-state index >= 15 is 0 Å². The number of anilines is 1. The molecule has 0 unspecified atom stereocenters. The van der Waals surface area contributed by atoms with E-state index in [1.165, 1.54) is 0 Å². The number of nitrogens with zero attached hydrogens (tertiary/aromatic N) is 2. The van der Waals surface area contributed by atoms with Crippen LogP contribution >= 0.6 is 11.8 Å². The summed E-state index contributed by atoms with van der Waals surface area (Å²) in [6, 6.07) is 15.4. The highest BCUT2D eigenvalue weighted by Crippen LogP contribution is 2.34. The van der Waals surface area contributed by atoms with Crippen molar-refractivity contribution in [3.05, 3.63) is 76.5 Å². The van der Waals surface area contributed by atoms with Crippen molar-refractivity contribution in [1.29, 1.82) is 0 Å². The number of amides is 2. The highest BCUT2D eigenvalue weighted by atomic mass is 32.2. The van der Waals surface area contributed by atoms with Gasteiger partial charge in [0.2, 0.25) is 11.8 Å². The number of carbonyl (C=O) groups is 2. The van der Waals surface area contributed by atoms with Crippen LogP contribution in [0.1, 0.15) is 27.9 Å². The first-order valence-electron chi connectivity index (χ1n) is 10.4. The average Bonchev–Trinajstić information content (AvgIpc) is 3.35. The lowest BCUT2D eigenvalue weighted by Crippen LogP contribution is -2.29. The summed E-state index contributed by atoms with van der Waals surface area (Å²) < 4.78 is 6.77. The minimum Gasteiger partial charge on any atom is -0.497 e. The molecular formula is C24H26N4O3S. The van der Waals surface area contributed by atoms with Gasteiger partial charge in [0.15, 0.2) is 0 Å². The smallest absolute Gasteiger partial charge is 0.242 e. The number of rotatable bonds is 8. The first kappa shape index (κ1) is 22.0. The molecule has 2 heterocycles. The van der Waals surface area contributed by atoms with Gasteiger partial charge in [-0.25, -0.2) is 4.68 Å². The van der Waals surface area contributed by atoms with Crippen molar-refractivity contribution in [1.82, 2.24) is 15.1 Å². The van der Waals surface area contributed by atoms with Crippen LogP contribution in [0.5, 0.6) is 5.75 Å². The van der Waals surface area contributed by atoms with Gasteiger partial charge in [0, 0.05) is 23.6 Å². The van der Waals surface area contributed by atoms with Gasteiger partial charge in [-0.15, -0.1) is 0 Å². The zero-order valence-electron chi connectivity index (χ0n) is 18.2. The SMILES string of the molecule is COc1ccc(CNC(=O)Cn2nc3c(c2NC(=O)Cc2cccc(C)c2)CSC3)cc1. The first-order chi connectivity index (χ1) is 15.5. The minimum atomic E-state index is -0.163. The van der Waals surface area contributed by atoms with Gasteiger partial charge < -0.3 is 15.4 Å². The largest absolute Gasteiger partial charge is 0.497 e. The Morgan fingerprint density at radius 1 is 1.09 bits per heavy atom. The molecule has 1 aromatic heterocycles. The molecule has 2 aromatic carbocycles. The molecule has 0 saturated carbocycles. The van der Waals surface area contributed by atoms with Crippen molar-refractivity contribution in [3.8, 4) is 5.75 Å². The highest BCUT2D eigenvalue weighted by Gasteiger charge is 2.25. The molecule has 0 radical (unpaired) electrons. The second kappa shape index (κ2) is 9.91. The number of nitrogens with one attached hydrogen (secondary N) is 2. The Hall–Kier alpha value is -3.26. The van der Waals surface area contributed by atoms with Crippen LogP contribution in [0.4, 0.5) is 5.82 Å². The summed E-state index contributed by atoms with van der Waals surface area (Å²) in [7, 11) is 1.62. The quantitative estimate of drug-likeness (QED) is 0.549. The maximum absolute atomic E-state index is 12.7. The van der Waals surface area contributed by atoms with Gasteiger partial charge in [0.05, 0.1) is 19.2 Å². The summed E-state index contributed by atoms with van der Waals surface area (Å²) in [4.78, 5) is 25.3. The monoisotopic (exact) mass is 450 g/mol. The van der Waals surface area contributed by atoms with E-state index in [2.05, 4.69) is 15.7 Å². The molecular weight excluding hydrogens is 424 g/mol. The molecule has 0 aliphatic carbocycles. The van der Waals surface area contributed by atoms with Crippen molar-refractivity contribution >= 4 is 29.4 Å². The van der Waals surface area contributed by atoms with E-state index in [9.17, 15) is 9.59 Å². The van der Waals surface area contributed by atoms with Crippen LogP contribution in [-0.2, 0) is 40.6 Å². The van der Waals surface area contributed by atoms with Gasteiger partial charge in [0.25, 0.3) is 0 Å². The van der Waals surface area contributed by atoms with Crippen LogP contribution in [0.15, 0.2) is 48.5 Å². The second-order valence-electron chi connectivity index (χ2n) is 7.76. The summed E-state index contributed by atoms with van der Waals surface area (Å²) in [6.07, 6.45) is 0.276. The molecule has 7 nitrogen and oxygen atoms in total. The van der Waals surface area contributed by atoms with Gasteiger partial charge in [-0.1, -0.05) is 42.0 Å². The van der Waals surface area contributed by atoms with Crippen molar-refractivity contribution in [2.24, 2.45) is 0 Å². The Balaban J connectivity index is 1.41. The molecule has 8 heteroatoms. The van der Waals surface area contributed by atoms with Gasteiger partial charge in [-0.05, 0) is 30.2 Å². The number of fused-ring (bicyclic) bond motifs is 1. The fraction of sp³-hybridized carbons (Fsp3) is 0.292. The van der Waals surface area contributed by atoms with Gasteiger partial charge in [-0.2, -0.15) is 16.9 Å². The summed E-state index contributed by atoms with van der Waals surface area (Å²) >= 11 is 1.76. The maximum atomic E-state index is 12.7. The Labute approximate surface area is 191 Å². The summed E-state index contributed by atoms with van der Waals surface area (Å²) in [5, 5.41) is 10.5. The molecule has 2 amide bonds. The average molecular weight is 451 g/mol. The van der Waals surface area contributed by atoms with Gasteiger partial charge >= 0.3 is 0 Å². The third-order valence-corrected chi connectivity index (χ3v) is 6.24. The number of methoxy groups -OCH3 is 1. The van der Waals surface area contributed by atoms with E-state index in [1.54, 1.807) is 23.6 Å². The van der Waals surface area contributed by atoms with Crippen LogP contribution in [-0.4, -0.2) is 28.7 Å². The summed E-state index contributed by atoms with van der Waals surface area (Å²) in [5.74, 6) is 2.69. The summed E-state index contributed by atoms with van der Waals surface area (Å²) in [6.45, 7) is 2.47. The van der Waals surface area contributed by atoms with Crippen LogP contribution in [0.2, 0.25) is 0 Å². The van der Waals surface area contributed by atoms with Gasteiger partial charge in [0.1, 0.15) is 18.1 Å². The molecule has 0 spiro atoms. The van der Waals surface area contributed by atoms with Crippen LogP contribution in [0.25, 0.3) is 0 Å². The minimum absolute atomic E-state index is 0.0495. The summed E-state index contributed by atoms with van der Waals surface area (Å²) in [5.41, 5.74) is 4.99. The third kappa shape index (κ3) is 5.31. The molecule has 1 aliphatic heterocycles. The Kier molecular flexibility index (Phi) is 6.80. The van der Waals surface area contributed by atoms with Crippen molar-refractivity contribution in [2.45, 2.75) is 37.9 Å². The van der Waals surface area contributed by atoms with Crippen LogP contribution in [0, 0.1) is 6.92 Å². The Morgan fingerprint density at radius 2 is 1.91 bits per heavy atom. The Bertz CT molecular complexity index is 1120. The lowest BCUT2D eigenvalue weighted by molar-refractivity contribution is -0.122. The molecule has 1 aliphatic rings. The topological polar surface area (TPSA) is 85.2 Å². The number of hydrogen-bond donors (Lipinski definition) is 2. The zero-order chi connectivity index (χ0) is 22.5. The fourth-order valence-corrected chi connectivity index (χ4v) is 4.67. The maximum Gasteiger partial charge on any atom is 0.242 e. The van der Waals surface area contributed by atoms with Gasteiger partial charge in [-0.3, -0.25) is 9.59 Å². The zero-order valence-corrected chi connectivity index (χ0v) is 19.0. The molecule has 0 fully saturated rings. The van der Waals surface area contributed by atoms with E-state index in [0.29, 0.717) is 12.4 Å². The van der Waals surface area contributed by atoms with Crippen LogP contribution < -0.4 is 15.4 Å². The van der Waals surface area contributed by atoms with E-state index in [1.807, 2.05) is 55.5 Å². The van der Waals surface area contributed by atoms with E-state index in [4.69, 9.17) is 4.74 Å². The Morgan fingerprint density at radius 3 is 2.66 bits per heavy atom. The highest BCUT2D eigenvalue weighted by molar-refractivity contribution is 7.98. The first-order valence-corrected chi connectivity index (χ1v) is 11.6. The third-order valence-electron chi connectivity index (χ3n) is 5.27. The van der Waals surface area contributed by atoms with Crippen molar-refractivity contribution in [2.75, 3.05) is 12.4 Å². The fourth-order valence-electron chi connectivity index (χ4n) is 3.64. The molecule has 32 heavy (non-hydrogen) atoms. The number of ether oxygens (including phenoxy) is 1. The molecule has 2 N–H and O–H groups in total. The predicted octanol–water partition coefficient (Wildman–Crippen LogP) is 3.44. The number of benzene rings is 2. The van der Waals surface area contributed by atoms with Crippen LogP contribution in [0.3, 0.4) is 0 Å². The standard InChI is InChI=1S/C24H26N4O3S/c1-16-4-3-5-18(10-16)11-22(29)26-24-20-14-32-15-21(20)27-28(24)13-23(30)25-12-17-6-8-19(31-2)9-7-17/h3-10H,11-15H2,1-2H3,(H,25,30)(H,26,29). The molecule has 0 saturated heterocycles. The lowest BCUT2D eigenvalue weighted by Gasteiger charge is -2.12. The van der Waals surface area contributed by atoms with E-state index in [0.717, 1.165) is 45.2 Å². The van der Waals surface area contributed by atoms with Crippen molar-refractivity contribution < 1.29 is 14.3 Å². The molecule has 3 aromatic rings. The number of hydrogen-bond acceptors (Lipinski definition) is 5. The normalized spacial score (nSPS) is 12.3. The molecule has 4 rings (SSSR count). The lowest BCUT2D eigenvalue weighted by atomic mass is 10.1.